The van der Waals surface area contributed by atoms with Crippen molar-refractivity contribution < 1.29 is 18.5 Å². The number of hydrogen-bond acceptors (Lipinski definition) is 5. The third-order valence-corrected chi connectivity index (χ3v) is 2.55. The Morgan fingerprint density at radius 1 is 1.65 bits per heavy atom. The molecule has 0 aliphatic heterocycles. The molecule has 1 rings (SSSR count). The maximum atomic E-state index is 12.3. The van der Waals surface area contributed by atoms with Crippen molar-refractivity contribution in [1.29, 1.82) is 0 Å². The zero-order chi connectivity index (χ0) is 13.4. The van der Waals surface area contributed by atoms with Crippen LogP contribution in [0, 0.1) is 10.1 Å². The second-order valence-electron chi connectivity index (χ2n) is 3.43. The normalized spacial score (nSPS) is 28.7. The fraction of sp³-hybridized carbons (Fsp3) is 0.375. The number of halogens is 3. The van der Waals surface area contributed by atoms with Gasteiger partial charge in [0.2, 0.25) is 5.78 Å². The van der Waals surface area contributed by atoms with Gasteiger partial charge in [0.05, 0.1) is 4.92 Å². The van der Waals surface area contributed by atoms with Gasteiger partial charge in [-0.1, -0.05) is 11.6 Å². The van der Waals surface area contributed by atoms with Gasteiger partial charge in [0.25, 0.3) is 12.1 Å². The van der Waals surface area contributed by atoms with Gasteiger partial charge in [-0.15, -0.1) is 0 Å². The smallest absolute Gasteiger partial charge is 0.298 e. The first kappa shape index (κ1) is 13.7. The van der Waals surface area contributed by atoms with Gasteiger partial charge in [0, 0.05) is 11.1 Å². The van der Waals surface area contributed by atoms with E-state index in [0.29, 0.717) is 0 Å². The molecule has 17 heavy (non-hydrogen) atoms. The average molecular weight is 268 g/mol. The van der Waals surface area contributed by atoms with Gasteiger partial charge in [-0.3, -0.25) is 14.9 Å². The number of ketones is 1. The minimum Gasteiger partial charge on any atom is -0.317 e. The highest BCUT2D eigenvalue weighted by Gasteiger charge is 2.49. The number of allylic oxidation sites excluding steroid dienone is 2. The average Bonchev–Trinajstić information content (AvgIpc) is 2.21. The van der Waals surface area contributed by atoms with Crippen molar-refractivity contribution in [1.82, 2.24) is 0 Å². The van der Waals surface area contributed by atoms with E-state index in [4.69, 9.17) is 23.1 Å². The first-order chi connectivity index (χ1) is 7.70. The van der Waals surface area contributed by atoms with Crippen molar-refractivity contribution in [2.45, 2.75) is 18.0 Å². The summed E-state index contributed by atoms with van der Waals surface area (Å²) in [5.74, 6) is -1.71. The van der Waals surface area contributed by atoms with Gasteiger partial charge in [-0.05, 0) is 6.08 Å². The standard InChI is InChI=1S/C8H8ClF2N3O3/c9-3-1-4(14(16)17)5(12)8(13,2-3)6(15)7(10)11/h1-2,5,7H,12-13H2. The summed E-state index contributed by atoms with van der Waals surface area (Å²) in [5.41, 5.74) is 7.71. The van der Waals surface area contributed by atoms with Crippen molar-refractivity contribution in [2.75, 3.05) is 0 Å². The lowest BCUT2D eigenvalue weighted by molar-refractivity contribution is -0.430. The molecule has 0 saturated carbocycles. The van der Waals surface area contributed by atoms with E-state index in [-0.39, 0.29) is 5.03 Å². The van der Waals surface area contributed by atoms with Crippen LogP contribution in [-0.4, -0.2) is 28.7 Å². The van der Waals surface area contributed by atoms with Crippen molar-refractivity contribution in [3.05, 3.63) is 33.0 Å². The molecule has 2 atom stereocenters. The summed E-state index contributed by atoms with van der Waals surface area (Å²) >= 11 is 5.50. The second-order valence-corrected chi connectivity index (χ2v) is 3.87. The summed E-state index contributed by atoms with van der Waals surface area (Å²) in [5, 5.41) is 10.3. The van der Waals surface area contributed by atoms with E-state index in [9.17, 15) is 23.7 Å². The highest BCUT2D eigenvalue weighted by atomic mass is 35.5. The molecule has 94 valence electrons. The monoisotopic (exact) mass is 267 g/mol. The molecule has 1 aliphatic carbocycles. The zero-order valence-electron chi connectivity index (χ0n) is 8.27. The lowest BCUT2D eigenvalue weighted by Crippen LogP contribution is -2.63. The Hall–Kier alpha value is -1.38. The Balaban J connectivity index is 3.25. The Morgan fingerprint density at radius 2 is 2.18 bits per heavy atom. The fourth-order valence-corrected chi connectivity index (χ4v) is 1.71. The molecule has 0 aromatic carbocycles. The Kier molecular flexibility index (Phi) is 3.60. The van der Waals surface area contributed by atoms with Crippen LogP contribution in [0.3, 0.4) is 0 Å². The lowest BCUT2D eigenvalue weighted by Gasteiger charge is -2.31. The molecule has 0 saturated heterocycles. The molecule has 4 N–H and O–H groups in total. The van der Waals surface area contributed by atoms with Gasteiger partial charge in [0.15, 0.2) is 0 Å². The largest absolute Gasteiger partial charge is 0.317 e. The van der Waals surface area contributed by atoms with Crippen molar-refractivity contribution in [3.63, 3.8) is 0 Å². The third kappa shape index (κ3) is 2.33. The molecule has 0 spiro atoms. The van der Waals surface area contributed by atoms with Crippen molar-refractivity contribution >= 4 is 17.4 Å². The van der Waals surface area contributed by atoms with Crippen LogP contribution >= 0.6 is 11.6 Å². The number of nitrogens with two attached hydrogens (primary N) is 2. The van der Waals surface area contributed by atoms with Crippen LogP contribution in [0.2, 0.25) is 0 Å². The molecule has 1 aliphatic rings. The Labute approximate surface area is 99.0 Å². The van der Waals surface area contributed by atoms with Gasteiger partial charge < -0.3 is 11.5 Å². The molecule has 0 aromatic heterocycles. The topological polar surface area (TPSA) is 112 Å². The van der Waals surface area contributed by atoms with Crippen molar-refractivity contribution in [2.24, 2.45) is 11.5 Å². The van der Waals surface area contributed by atoms with Crippen LogP contribution in [0.25, 0.3) is 0 Å². The number of Topliss-reactive ketones (excluding diaryl/α,β-unsaturated/α-hetero) is 1. The Morgan fingerprint density at radius 3 is 2.59 bits per heavy atom. The van der Waals surface area contributed by atoms with E-state index >= 15 is 0 Å². The maximum absolute atomic E-state index is 12.3. The molecule has 0 amide bonds. The first-order valence-electron chi connectivity index (χ1n) is 4.31. The quantitative estimate of drug-likeness (QED) is 0.558. The molecule has 0 fully saturated rings. The predicted octanol–water partition coefficient (Wildman–Crippen LogP) is 0.142. The molecule has 2 unspecified atom stereocenters. The molecular formula is C8H8ClF2N3O3. The summed E-state index contributed by atoms with van der Waals surface area (Å²) in [6.07, 6.45) is -1.73. The second kappa shape index (κ2) is 4.47. The van der Waals surface area contributed by atoms with Crippen LogP contribution in [0.5, 0.6) is 0 Å². The molecule has 0 radical (unpaired) electrons. The number of carbonyl (C=O) groups is 1. The van der Waals surface area contributed by atoms with Crippen LogP contribution in [-0.2, 0) is 4.79 Å². The number of carbonyl (C=O) groups excluding carboxylic acids is 1. The van der Waals surface area contributed by atoms with Gasteiger partial charge in [-0.2, -0.15) is 0 Å². The predicted molar refractivity (Wildman–Crippen MR) is 54.9 cm³/mol. The van der Waals surface area contributed by atoms with Gasteiger partial charge in [-0.25, -0.2) is 8.78 Å². The fourth-order valence-electron chi connectivity index (χ4n) is 1.42. The lowest BCUT2D eigenvalue weighted by atomic mass is 9.82. The van der Waals surface area contributed by atoms with Crippen LogP contribution < -0.4 is 11.5 Å². The van der Waals surface area contributed by atoms with Crippen molar-refractivity contribution in [3.8, 4) is 0 Å². The molecular weight excluding hydrogens is 260 g/mol. The minimum atomic E-state index is -3.39. The summed E-state index contributed by atoms with van der Waals surface area (Å²) < 4.78 is 24.7. The SMILES string of the molecule is NC1C([N+](=O)[O-])=CC(Cl)=CC1(N)C(=O)C(F)F. The highest BCUT2D eigenvalue weighted by molar-refractivity contribution is 6.31. The van der Waals surface area contributed by atoms with E-state index in [0.717, 1.165) is 12.2 Å². The summed E-state index contributed by atoms with van der Waals surface area (Å²) in [6, 6.07) is -1.68. The van der Waals surface area contributed by atoms with Crippen LogP contribution in [0.4, 0.5) is 8.78 Å². The molecule has 0 bridgehead atoms. The number of nitrogens with zero attached hydrogens (tertiary/aromatic N) is 1. The van der Waals surface area contributed by atoms with Gasteiger partial charge >= 0.3 is 0 Å². The number of rotatable bonds is 3. The zero-order valence-corrected chi connectivity index (χ0v) is 9.03. The number of alkyl halides is 2. The molecule has 0 heterocycles. The highest BCUT2D eigenvalue weighted by Crippen LogP contribution is 2.28. The minimum absolute atomic E-state index is 0.282. The van der Waals surface area contributed by atoms with E-state index in [1.54, 1.807) is 0 Å². The Bertz CT molecular complexity index is 438. The molecule has 0 aromatic rings. The summed E-state index contributed by atoms with van der Waals surface area (Å²) in [6.45, 7) is 0. The molecule has 9 heteroatoms. The first-order valence-corrected chi connectivity index (χ1v) is 4.69. The van der Waals surface area contributed by atoms with Gasteiger partial charge in [0.1, 0.15) is 11.6 Å². The summed E-state index contributed by atoms with van der Waals surface area (Å²) in [4.78, 5) is 20.9. The van der Waals surface area contributed by atoms with E-state index in [1.165, 1.54) is 0 Å². The van der Waals surface area contributed by atoms with Crippen LogP contribution in [0.15, 0.2) is 22.9 Å². The van der Waals surface area contributed by atoms with E-state index in [1.807, 2.05) is 0 Å². The third-order valence-electron chi connectivity index (χ3n) is 2.33. The number of nitro groups is 1. The molecule has 6 nitrogen and oxygen atoms in total. The maximum Gasteiger partial charge on any atom is 0.298 e. The summed E-state index contributed by atoms with van der Waals surface area (Å²) in [7, 11) is 0. The number of hydrogen-bond donors (Lipinski definition) is 2. The van der Waals surface area contributed by atoms with E-state index in [2.05, 4.69) is 0 Å². The van der Waals surface area contributed by atoms with Crippen LogP contribution in [0.1, 0.15) is 0 Å². The van der Waals surface area contributed by atoms with E-state index < -0.39 is 34.4 Å².